The molecule has 0 radical (unpaired) electrons. The lowest BCUT2D eigenvalue weighted by molar-refractivity contribution is 0.202. The van der Waals surface area contributed by atoms with E-state index in [0.29, 0.717) is 11.4 Å². The highest BCUT2D eigenvalue weighted by Crippen LogP contribution is 2.38. The van der Waals surface area contributed by atoms with E-state index in [2.05, 4.69) is 54.5 Å². The molecule has 0 atom stereocenters. The van der Waals surface area contributed by atoms with Crippen LogP contribution in [0, 0.1) is 26.6 Å². The van der Waals surface area contributed by atoms with Gasteiger partial charge in [-0.15, -0.1) is 23.5 Å². The number of carbonyl (C=O) groups is 1. The van der Waals surface area contributed by atoms with Crippen molar-refractivity contribution in [3.63, 3.8) is 0 Å². The van der Waals surface area contributed by atoms with Crippen molar-refractivity contribution < 1.29 is 13.6 Å². The Morgan fingerprint density at radius 3 is 2.29 bits per heavy atom. The molecule has 2 amide bonds. The number of halogens is 1. The van der Waals surface area contributed by atoms with E-state index >= 15 is 0 Å². The zero-order chi connectivity index (χ0) is 29.1. The van der Waals surface area contributed by atoms with Crippen LogP contribution in [-0.4, -0.2) is 28.4 Å². The Balaban J connectivity index is 1.58. The molecule has 0 saturated heterocycles. The molecule has 0 bridgehead atoms. The lowest BCUT2D eigenvalue weighted by atomic mass is 9.99. The zero-order valence-corrected chi connectivity index (χ0v) is 25.4. The van der Waals surface area contributed by atoms with E-state index in [1.54, 1.807) is 28.8 Å². The summed E-state index contributed by atoms with van der Waals surface area (Å²) < 4.78 is 20.1. The minimum Gasteiger partial charge on any atom is -0.459 e. The third-order valence-electron chi connectivity index (χ3n) is 6.89. The fourth-order valence-corrected chi connectivity index (χ4v) is 6.12. The molecule has 0 unspecified atom stereocenters. The van der Waals surface area contributed by atoms with Gasteiger partial charge in [-0.05, 0) is 74.7 Å². The summed E-state index contributed by atoms with van der Waals surface area (Å²) in [6.07, 6.45) is 3.93. The number of carbonyl (C=O) groups excluding carboxylic acids is 1. The molecule has 0 saturated carbocycles. The standard InChI is InChI=1S/C33H32FN3O2S2/c1-20-6-11-24(12-7-20)30-26-16-21(2)8-15-27(26)39-28(30)19-37(18-23-9-13-25(34)14-10-23)33(38)36-31-29(40-4)17-22(3)35-32(31)41-5/h6-17H,18-19H2,1-5H3,(H,36,38). The molecule has 5 aromatic rings. The van der Waals surface area contributed by atoms with Crippen LogP contribution in [0.15, 0.2) is 87.1 Å². The highest BCUT2D eigenvalue weighted by Gasteiger charge is 2.24. The first-order valence-corrected chi connectivity index (χ1v) is 15.7. The molecule has 3 aromatic carbocycles. The number of pyridine rings is 1. The van der Waals surface area contributed by atoms with Gasteiger partial charge in [0, 0.05) is 28.1 Å². The number of aromatic nitrogens is 1. The maximum atomic E-state index is 14.0. The van der Waals surface area contributed by atoms with Crippen molar-refractivity contribution in [2.75, 3.05) is 17.8 Å². The Hall–Kier alpha value is -3.75. The molecule has 0 fully saturated rings. The number of benzene rings is 3. The van der Waals surface area contributed by atoms with Gasteiger partial charge >= 0.3 is 6.03 Å². The van der Waals surface area contributed by atoms with Crippen LogP contribution >= 0.6 is 23.5 Å². The molecule has 5 rings (SSSR count). The van der Waals surface area contributed by atoms with Gasteiger partial charge in [0.1, 0.15) is 22.2 Å². The Morgan fingerprint density at radius 2 is 1.61 bits per heavy atom. The van der Waals surface area contributed by atoms with Crippen molar-refractivity contribution in [1.29, 1.82) is 0 Å². The van der Waals surface area contributed by atoms with Gasteiger partial charge in [-0.25, -0.2) is 14.2 Å². The minimum absolute atomic E-state index is 0.211. The molecule has 0 aliphatic carbocycles. The molecule has 2 heterocycles. The Morgan fingerprint density at radius 1 is 0.902 bits per heavy atom. The van der Waals surface area contributed by atoms with E-state index in [4.69, 9.17) is 4.42 Å². The first-order chi connectivity index (χ1) is 19.7. The van der Waals surface area contributed by atoms with Gasteiger partial charge in [0.25, 0.3) is 0 Å². The number of furan rings is 1. The summed E-state index contributed by atoms with van der Waals surface area (Å²) >= 11 is 3.05. The number of hydrogen-bond acceptors (Lipinski definition) is 5. The smallest absolute Gasteiger partial charge is 0.322 e. The van der Waals surface area contributed by atoms with Gasteiger partial charge < -0.3 is 14.6 Å². The molecule has 8 heteroatoms. The van der Waals surface area contributed by atoms with Crippen molar-refractivity contribution >= 4 is 46.2 Å². The molecule has 0 spiro atoms. The third-order valence-corrected chi connectivity index (χ3v) is 8.33. The molecule has 1 N–H and O–H groups in total. The summed E-state index contributed by atoms with van der Waals surface area (Å²) in [6, 6.07) is 22.4. The van der Waals surface area contributed by atoms with E-state index in [0.717, 1.165) is 54.4 Å². The van der Waals surface area contributed by atoms with Crippen LogP contribution in [0.5, 0.6) is 0 Å². The van der Waals surface area contributed by atoms with Crippen molar-refractivity contribution in [1.82, 2.24) is 9.88 Å². The second-order valence-corrected chi connectivity index (χ2v) is 11.7. The SMILES string of the molecule is CSc1cc(C)nc(SC)c1NC(=O)N(Cc1ccc(F)cc1)Cc1oc2ccc(C)cc2c1-c1ccc(C)cc1. The molecule has 0 aliphatic rings. The maximum absolute atomic E-state index is 14.0. The third kappa shape index (κ3) is 6.44. The largest absolute Gasteiger partial charge is 0.459 e. The van der Waals surface area contributed by atoms with Crippen molar-refractivity contribution in [2.45, 2.75) is 43.8 Å². The van der Waals surface area contributed by atoms with Gasteiger partial charge in [-0.2, -0.15) is 0 Å². The number of hydrogen-bond donors (Lipinski definition) is 1. The Labute approximate surface area is 248 Å². The molecular formula is C33H32FN3O2S2. The fourth-order valence-electron chi connectivity index (χ4n) is 4.82. The van der Waals surface area contributed by atoms with Gasteiger partial charge in [0.05, 0.1) is 12.2 Å². The van der Waals surface area contributed by atoms with Crippen LogP contribution in [-0.2, 0) is 13.1 Å². The normalized spacial score (nSPS) is 11.2. The van der Waals surface area contributed by atoms with Crippen LogP contribution in [0.1, 0.15) is 28.1 Å². The van der Waals surface area contributed by atoms with E-state index in [1.807, 2.05) is 37.6 Å². The minimum atomic E-state index is -0.320. The number of aryl methyl sites for hydroxylation is 3. The highest BCUT2D eigenvalue weighted by atomic mass is 32.2. The predicted octanol–water partition coefficient (Wildman–Crippen LogP) is 9.24. The molecule has 0 aliphatic heterocycles. The van der Waals surface area contributed by atoms with Gasteiger partial charge in [-0.1, -0.05) is 53.6 Å². The summed E-state index contributed by atoms with van der Waals surface area (Å²) in [4.78, 5) is 21.3. The summed E-state index contributed by atoms with van der Waals surface area (Å²) in [5, 5.41) is 4.89. The fraction of sp³-hybridized carbons (Fsp3) is 0.212. The van der Waals surface area contributed by atoms with E-state index in [9.17, 15) is 9.18 Å². The highest BCUT2D eigenvalue weighted by molar-refractivity contribution is 7.99. The van der Waals surface area contributed by atoms with E-state index in [-0.39, 0.29) is 24.9 Å². The lowest BCUT2D eigenvalue weighted by Crippen LogP contribution is -2.34. The average Bonchev–Trinajstić information content (AvgIpc) is 3.31. The van der Waals surface area contributed by atoms with E-state index in [1.165, 1.54) is 23.9 Å². The maximum Gasteiger partial charge on any atom is 0.322 e. The molecule has 2 aromatic heterocycles. The number of nitrogens with zero attached hydrogens (tertiary/aromatic N) is 2. The Bertz CT molecular complexity index is 1670. The molecule has 5 nitrogen and oxygen atoms in total. The number of fused-ring (bicyclic) bond motifs is 1. The van der Waals surface area contributed by atoms with Crippen molar-refractivity contribution in [2.24, 2.45) is 0 Å². The summed E-state index contributed by atoms with van der Waals surface area (Å²) in [7, 11) is 0. The molecule has 41 heavy (non-hydrogen) atoms. The summed E-state index contributed by atoms with van der Waals surface area (Å²) in [5.41, 5.74) is 7.42. The average molecular weight is 586 g/mol. The number of anilines is 1. The number of nitrogens with one attached hydrogen (secondary N) is 1. The predicted molar refractivity (Wildman–Crippen MR) is 168 cm³/mol. The number of urea groups is 1. The number of thioether (sulfide) groups is 2. The van der Waals surface area contributed by atoms with Gasteiger partial charge in [0.2, 0.25) is 0 Å². The van der Waals surface area contributed by atoms with Crippen LogP contribution in [0.4, 0.5) is 14.9 Å². The van der Waals surface area contributed by atoms with E-state index < -0.39 is 0 Å². The Kier molecular flexibility index (Phi) is 8.71. The van der Waals surface area contributed by atoms with Gasteiger partial charge in [0.15, 0.2) is 0 Å². The van der Waals surface area contributed by atoms with Crippen LogP contribution in [0.2, 0.25) is 0 Å². The second kappa shape index (κ2) is 12.4. The lowest BCUT2D eigenvalue weighted by Gasteiger charge is -2.24. The summed E-state index contributed by atoms with van der Waals surface area (Å²) in [6.45, 7) is 6.53. The van der Waals surface area contributed by atoms with Crippen LogP contribution in [0.3, 0.4) is 0 Å². The monoisotopic (exact) mass is 585 g/mol. The number of amides is 2. The van der Waals surface area contributed by atoms with Crippen molar-refractivity contribution in [3.8, 4) is 11.1 Å². The molecule has 210 valence electrons. The zero-order valence-electron chi connectivity index (χ0n) is 23.7. The summed E-state index contributed by atoms with van der Waals surface area (Å²) in [5.74, 6) is 0.364. The topological polar surface area (TPSA) is 58.4 Å². The van der Waals surface area contributed by atoms with Crippen molar-refractivity contribution in [3.05, 3.63) is 107 Å². The second-order valence-electron chi connectivity index (χ2n) is 10.0. The molecular weight excluding hydrogens is 554 g/mol. The van der Waals surface area contributed by atoms with Gasteiger partial charge in [-0.3, -0.25) is 0 Å². The number of rotatable bonds is 8. The first-order valence-electron chi connectivity index (χ1n) is 13.2. The van der Waals surface area contributed by atoms with Crippen LogP contribution in [0.25, 0.3) is 22.1 Å². The van der Waals surface area contributed by atoms with Crippen LogP contribution < -0.4 is 5.32 Å². The first kappa shape index (κ1) is 28.8. The quantitative estimate of drug-likeness (QED) is 0.184.